The molecule has 8 heteroatoms. The monoisotopic (exact) mass is 252 g/mol. The van der Waals surface area contributed by atoms with E-state index in [1.165, 1.54) is 0 Å². The Morgan fingerprint density at radius 2 is 1.36 bits per heavy atom. The summed E-state index contributed by atoms with van der Waals surface area (Å²) in [5.74, 6) is 0. The summed E-state index contributed by atoms with van der Waals surface area (Å²) < 4.78 is 4.58. The van der Waals surface area contributed by atoms with Crippen molar-refractivity contribution in [3.63, 3.8) is 0 Å². The average molecular weight is 253 g/mol. The molecule has 88 valence electrons. The van der Waals surface area contributed by atoms with E-state index in [4.69, 9.17) is 25.5 Å². The minimum atomic E-state index is -1.57. The maximum atomic E-state index is 9.12. The van der Waals surface area contributed by atoms with Crippen LogP contribution in [-0.4, -0.2) is 62.8 Å². The highest BCUT2D eigenvalue weighted by Crippen LogP contribution is 2.18. The second kappa shape index (κ2) is 6.76. The van der Waals surface area contributed by atoms with Crippen molar-refractivity contribution in [1.82, 2.24) is 0 Å². The van der Waals surface area contributed by atoms with Gasteiger partial charge in [-0.05, 0) is 0 Å². The first-order valence-corrected chi connectivity index (χ1v) is 3.56. The van der Waals surface area contributed by atoms with Crippen LogP contribution in [0, 0.1) is 0 Å². The van der Waals surface area contributed by atoms with Crippen molar-refractivity contribution in [3.8, 4) is 0 Å². The molecule has 0 bridgehead atoms. The Morgan fingerprint density at radius 1 is 0.857 bits per heavy atom. The lowest BCUT2D eigenvalue weighted by Gasteiger charge is -2.37. The first-order chi connectivity index (χ1) is 5.57. The van der Waals surface area contributed by atoms with Gasteiger partial charge in [0.1, 0.15) is 24.4 Å². The van der Waals surface area contributed by atoms with E-state index in [1.54, 1.807) is 0 Å². The van der Waals surface area contributed by atoms with Gasteiger partial charge in [-0.15, -0.1) is 24.8 Å². The van der Waals surface area contributed by atoms with Crippen LogP contribution in [0.1, 0.15) is 0 Å². The van der Waals surface area contributed by atoms with Crippen molar-refractivity contribution in [2.45, 2.75) is 30.7 Å². The second-order valence-corrected chi connectivity index (χ2v) is 2.72. The van der Waals surface area contributed by atoms with Crippen LogP contribution in [0.5, 0.6) is 0 Å². The summed E-state index contributed by atoms with van der Waals surface area (Å²) in [4.78, 5) is 0. The Labute approximate surface area is 92.9 Å². The van der Waals surface area contributed by atoms with Gasteiger partial charge in [0.25, 0.3) is 0 Å². The molecule has 0 radical (unpaired) electrons. The highest BCUT2D eigenvalue weighted by Gasteiger charge is 2.42. The lowest BCUT2D eigenvalue weighted by molar-refractivity contribution is -0.286. The van der Waals surface area contributed by atoms with Crippen molar-refractivity contribution >= 4 is 24.8 Å². The minimum Gasteiger partial charge on any atom is -0.394 e. The van der Waals surface area contributed by atoms with Crippen LogP contribution in [0.15, 0.2) is 0 Å². The summed E-state index contributed by atoms with van der Waals surface area (Å²) in [7, 11) is 0. The second-order valence-electron chi connectivity index (χ2n) is 2.72. The molecule has 0 aromatic rings. The van der Waals surface area contributed by atoms with E-state index in [1.807, 2.05) is 0 Å². The fourth-order valence-electron chi connectivity index (χ4n) is 1.08. The van der Waals surface area contributed by atoms with Crippen molar-refractivity contribution < 1.29 is 30.3 Å². The quantitative estimate of drug-likeness (QED) is 0.357. The van der Waals surface area contributed by atoms with Crippen LogP contribution in [0.25, 0.3) is 0 Å². The first kappa shape index (κ1) is 16.8. The normalized spacial score (nSPS) is 42.2. The molecule has 1 aliphatic rings. The molecule has 5 atom stereocenters. The Bertz CT molecular complexity index is 155. The van der Waals surface area contributed by atoms with Crippen LogP contribution < -0.4 is 0 Å². The molecule has 6 nitrogen and oxygen atoms in total. The van der Waals surface area contributed by atoms with Crippen LogP contribution in [0.2, 0.25) is 0 Å². The fourth-order valence-corrected chi connectivity index (χ4v) is 1.08. The third-order valence-corrected chi connectivity index (χ3v) is 1.87. The predicted octanol–water partition coefficient (Wildman–Crippen LogP) is -2.38. The van der Waals surface area contributed by atoms with Gasteiger partial charge in [-0.3, -0.25) is 0 Å². The smallest absolute Gasteiger partial charge is 0.184 e. The molecule has 1 heterocycles. The predicted molar refractivity (Wildman–Crippen MR) is 50.5 cm³/mol. The standard InChI is InChI=1S/C6H12O6.2ClH/c7-1-2-3(8)4(9)5(10)6(11)12-2;;/h2-11H,1H2;2*1H/t2-,3+,4-,5-,6?;;/m1../s1. The molecule has 0 saturated carbocycles. The van der Waals surface area contributed by atoms with Crippen molar-refractivity contribution in [2.75, 3.05) is 6.61 Å². The minimum absolute atomic E-state index is 0. The zero-order valence-corrected chi connectivity index (χ0v) is 8.69. The number of hydrogen-bond acceptors (Lipinski definition) is 6. The van der Waals surface area contributed by atoms with E-state index in [0.717, 1.165) is 0 Å². The lowest BCUT2D eigenvalue weighted by Crippen LogP contribution is -2.58. The van der Waals surface area contributed by atoms with Gasteiger partial charge in [-0.2, -0.15) is 0 Å². The zero-order chi connectivity index (χ0) is 9.30. The Kier molecular flexibility index (Phi) is 8.09. The average Bonchev–Trinajstić information content (AvgIpc) is 2.08. The SMILES string of the molecule is Cl.Cl.OC[C@H]1OC(O)[C@H](O)[C@H](O)[C@H]1O. The zero-order valence-electron chi connectivity index (χ0n) is 7.05. The van der Waals surface area contributed by atoms with Gasteiger partial charge in [0.2, 0.25) is 0 Å². The number of ether oxygens (including phenoxy) is 1. The topological polar surface area (TPSA) is 110 Å². The molecular formula is C6H14Cl2O6. The number of aliphatic hydroxyl groups excluding tert-OH is 5. The molecule has 5 N–H and O–H groups in total. The molecule has 14 heavy (non-hydrogen) atoms. The molecule has 0 aliphatic carbocycles. The Hall–Kier alpha value is 0.340. The molecule has 1 saturated heterocycles. The maximum absolute atomic E-state index is 9.12. The van der Waals surface area contributed by atoms with E-state index in [0.29, 0.717) is 0 Å². The van der Waals surface area contributed by atoms with Gasteiger partial charge in [0.05, 0.1) is 6.61 Å². The molecule has 0 amide bonds. The van der Waals surface area contributed by atoms with E-state index in [2.05, 4.69) is 4.74 Å². The molecule has 1 unspecified atom stereocenters. The van der Waals surface area contributed by atoms with Gasteiger partial charge in [0.15, 0.2) is 6.29 Å². The van der Waals surface area contributed by atoms with E-state index >= 15 is 0 Å². The highest BCUT2D eigenvalue weighted by molar-refractivity contribution is 5.85. The number of rotatable bonds is 1. The molecule has 1 aliphatic heterocycles. The number of halogens is 2. The third-order valence-electron chi connectivity index (χ3n) is 1.87. The molecule has 1 rings (SSSR count). The summed E-state index contributed by atoms with van der Waals surface area (Å²) >= 11 is 0. The third kappa shape index (κ3) is 3.18. The van der Waals surface area contributed by atoms with Gasteiger partial charge < -0.3 is 30.3 Å². The van der Waals surface area contributed by atoms with Crippen LogP contribution in [0.4, 0.5) is 0 Å². The summed E-state index contributed by atoms with van der Waals surface area (Å²) in [6.45, 7) is -0.526. The van der Waals surface area contributed by atoms with Crippen LogP contribution in [-0.2, 0) is 4.74 Å². The molecule has 0 spiro atoms. The van der Waals surface area contributed by atoms with E-state index in [9.17, 15) is 0 Å². The lowest BCUT2D eigenvalue weighted by atomic mass is 10.00. The van der Waals surface area contributed by atoms with Crippen LogP contribution in [0.3, 0.4) is 0 Å². The van der Waals surface area contributed by atoms with Gasteiger partial charge in [0, 0.05) is 0 Å². The Morgan fingerprint density at radius 3 is 1.79 bits per heavy atom. The largest absolute Gasteiger partial charge is 0.394 e. The van der Waals surface area contributed by atoms with Gasteiger partial charge in [-0.25, -0.2) is 0 Å². The molecule has 1 fully saturated rings. The summed E-state index contributed by atoms with van der Waals surface area (Å²) in [5, 5.41) is 44.7. The van der Waals surface area contributed by atoms with Crippen molar-refractivity contribution in [3.05, 3.63) is 0 Å². The molecular weight excluding hydrogens is 239 g/mol. The highest BCUT2D eigenvalue weighted by atomic mass is 35.5. The summed E-state index contributed by atoms with van der Waals surface area (Å²) in [6.07, 6.45) is -7.04. The van der Waals surface area contributed by atoms with Crippen molar-refractivity contribution in [1.29, 1.82) is 0 Å². The summed E-state index contributed by atoms with van der Waals surface area (Å²) in [5.41, 5.74) is 0. The van der Waals surface area contributed by atoms with Gasteiger partial charge >= 0.3 is 0 Å². The van der Waals surface area contributed by atoms with E-state index in [-0.39, 0.29) is 24.8 Å². The summed E-state index contributed by atoms with van der Waals surface area (Å²) in [6, 6.07) is 0. The van der Waals surface area contributed by atoms with E-state index < -0.39 is 37.3 Å². The first-order valence-electron chi connectivity index (χ1n) is 3.56. The maximum Gasteiger partial charge on any atom is 0.184 e. The number of aliphatic hydroxyl groups is 5. The van der Waals surface area contributed by atoms with Gasteiger partial charge in [-0.1, -0.05) is 0 Å². The molecule has 0 aromatic heterocycles. The van der Waals surface area contributed by atoms with Crippen molar-refractivity contribution in [2.24, 2.45) is 0 Å². The Balaban J connectivity index is 0. The molecule has 0 aromatic carbocycles. The fraction of sp³-hybridized carbons (Fsp3) is 1.00. The van der Waals surface area contributed by atoms with Crippen LogP contribution >= 0.6 is 24.8 Å². The number of hydrogen-bond donors (Lipinski definition) is 5.